The van der Waals surface area contributed by atoms with Gasteiger partial charge in [-0.2, -0.15) is 0 Å². The van der Waals surface area contributed by atoms with Crippen LogP contribution < -0.4 is 21.1 Å². The second-order valence-corrected chi connectivity index (χ2v) is 4.69. The van der Waals surface area contributed by atoms with E-state index in [4.69, 9.17) is 23.1 Å². The van der Waals surface area contributed by atoms with Gasteiger partial charge < -0.3 is 26.2 Å². The maximum atomic E-state index is 10.6. The van der Waals surface area contributed by atoms with Gasteiger partial charge in [0.25, 0.3) is 0 Å². The van der Waals surface area contributed by atoms with E-state index in [1.54, 1.807) is 13.8 Å². The zero-order valence-corrected chi connectivity index (χ0v) is 11.3. The second kappa shape index (κ2) is 6.25. The predicted octanol–water partition coefficient (Wildman–Crippen LogP) is -0.00860. The number of rotatable bonds is 4. The Hall–Kier alpha value is -2.00. The van der Waals surface area contributed by atoms with Crippen molar-refractivity contribution in [3.05, 3.63) is 12.4 Å². The summed E-state index contributed by atoms with van der Waals surface area (Å²) in [6.07, 6.45) is 0.229. The molecular formula is C10H15N5O3S. The number of carbonyl (C=O) groups excluding carboxylic acids is 1. The number of hydrogen-bond donors (Lipinski definition) is 4. The standard InChI is InChI=1S/C10H15N5O3S/c1-10(2,4-16)15-9(19)14-6-3-7(13-5-12-6)18-8(11)17/h3,5,16H,4H2,1-2H3,(H2,11,17)(H2,12,13,14,15,19). The maximum Gasteiger partial charge on any atom is 0.411 e. The third-order valence-electron chi connectivity index (χ3n) is 1.94. The van der Waals surface area contributed by atoms with Crippen molar-refractivity contribution in [1.82, 2.24) is 15.3 Å². The lowest BCUT2D eigenvalue weighted by molar-refractivity contribution is 0.207. The van der Waals surface area contributed by atoms with Gasteiger partial charge in [0.05, 0.1) is 12.1 Å². The molecule has 1 aromatic heterocycles. The van der Waals surface area contributed by atoms with Crippen LogP contribution in [-0.4, -0.2) is 38.4 Å². The first kappa shape index (κ1) is 15.1. The summed E-state index contributed by atoms with van der Waals surface area (Å²) in [7, 11) is 0. The monoisotopic (exact) mass is 285 g/mol. The normalized spacial score (nSPS) is 10.7. The Morgan fingerprint density at radius 1 is 1.58 bits per heavy atom. The Kier molecular flexibility index (Phi) is 4.95. The summed E-state index contributed by atoms with van der Waals surface area (Å²) in [5.74, 6) is 0.340. The number of ether oxygens (including phenoxy) is 1. The minimum atomic E-state index is -0.966. The zero-order chi connectivity index (χ0) is 14.5. The Morgan fingerprint density at radius 2 is 2.26 bits per heavy atom. The Labute approximate surface area is 115 Å². The lowest BCUT2D eigenvalue weighted by Crippen LogP contribution is -2.48. The van der Waals surface area contributed by atoms with E-state index in [0.717, 1.165) is 0 Å². The second-order valence-electron chi connectivity index (χ2n) is 4.28. The Morgan fingerprint density at radius 3 is 2.84 bits per heavy atom. The number of hydrogen-bond acceptors (Lipinski definition) is 6. The Balaban J connectivity index is 2.67. The molecular weight excluding hydrogens is 270 g/mol. The Bertz CT molecular complexity index is 480. The molecule has 9 heteroatoms. The maximum absolute atomic E-state index is 10.6. The van der Waals surface area contributed by atoms with Crippen LogP contribution in [0.2, 0.25) is 0 Å². The molecule has 0 saturated carbocycles. The smallest absolute Gasteiger partial charge is 0.394 e. The van der Waals surface area contributed by atoms with Crippen molar-refractivity contribution >= 4 is 29.2 Å². The highest BCUT2D eigenvalue weighted by Gasteiger charge is 2.17. The number of amides is 1. The number of nitrogens with zero attached hydrogens (tertiary/aromatic N) is 2. The van der Waals surface area contributed by atoms with Gasteiger partial charge in [0.2, 0.25) is 5.88 Å². The molecule has 1 heterocycles. The van der Waals surface area contributed by atoms with Gasteiger partial charge in [0, 0.05) is 6.07 Å². The molecule has 0 fully saturated rings. The van der Waals surface area contributed by atoms with Crippen LogP contribution in [0.25, 0.3) is 0 Å². The topological polar surface area (TPSA) is 122 Å². The SMILES string of the molecule is CC(C)(CO)NC(=S)Nc1cc(OC(N)=O)ncn1. The van der Waals surface area contributed by atoms with Crippen molar-refractivity contribution in [2.75, 3.05) is 11.9 Å². The molecule has 0 aromatic carbocycles. The summed E-state index contributed by atoms with van der Waals surface area (Å²) in [5, 5.41) is 15.0. The van der Waals surface area contributed by atoms with Gasteiger partial charge in [-0.05, 0) is 26.1 Å². The van der Waals surface area contributed by atoms with Crippen molar-refractivity contribution in [3.63, 3.8) is 0 Å². The molecule has 0 atom stereocenters. The van der Waals surface area contributed by atoms with Crippen molar-refractivity contribution in [2.45, 2.75) is 19.4 Å². The zero-order valence-electron chi connectivity index (χ0n) is 10.5. The van der Waals surface area contributed by atoms with Gasteiger partial charge in [-0.3, -0.25) is 0 Å². The van der Waals surface area contributed by atoms with Gasteiger partial charge in [0.15, 0.2) is 5.11 Å². The van der Waals surface area contributed by atoms with Crippen molar-refractivity contribution in [3.8, 4) is 5.88 Å². The minimum Gasteiger partial charge on any atom is -0.394 e. The van der Waals surface area contributed by atoms with E-state index in [1.165, 1.54) is 12.4 Å². The molecule has 8 nitrogen and oxygen atoms in total. The van der Waals surface area contributed by atoms with E-state index >= 15 is 0 Å². The van der Waals surface area contributed by atoms with Gasteiger partial charge in [-0.15, -0.1) is 0 Å². The first-order chi connectivity index (χ1) is 8.82. The van der Waals surface area contributed by atoms with E-state index in [-0.39, 0.29) is 17.6 Å². The van der Waals surface area contributed by atoms with Crippen LogP contribution >= 0.6 is 12.2 Å². The number of nitrogens with one attached hydrogen (secondary N) is 2. The van der Waals surface area contributed by atoms with E-state index < -0.39 is 11.6 Å². The highest BCUT2D eigenvalue weighted by Crippen LogP contribution is 2.11. The molecule has 1 rings (SSSR count). The molecule has 104 valence electrons. The molecule has 0 radical (unpaired) electrons. The van der Waals surface area contributed by atoms with Crippen LogP contribution in [0.5, 0.6) is 5.88 Å². The molecule has 0 unspecified atom stereocenters. The van der Waals surface area contributed by atoms with Crippen molar-refractivity contribution in [2.24, 2.45) is 5.73 Å². The lowest BCUT2D eigenvalue weighted by atomic mass is 10.1. The van der Waals surface area contributed by atoms with E-state index in [9.17, 15) is 4.79 Å². The van der Waals surface area contributed by atoms with E-state index in [0.29, 0.717) is 5.82 Å². The van der Waals surface area contributed by atoms with E-state index in [1.807, 2.05) is 0 Å². The third-order valence-corrected chi connectivity index (χ3v) is 2.14. The summed E-state index contributed by atoms with van der Waals surface area (Å²) < 4.78 is 4.60. The van der Waals surface area contributed by atoms with Gasteiger partial charge in [-0.25, -0.2) is 14.8 Å². The summed E-state index contributed by atoms with van der Waals surface area (Å²) in [4.78, 5) is 18.2. The molecule has 0 spiro atoms. The lowest BCUT2D eigenvalue weighted by Gasteiger charge is -2.25. The number of aromatic nitrogens is 2. The predicted molar refractivity (Wildman–Crippen MR) is 72.8 cm³/mol. The number of primary amides is 1. The quantitative estimate of drug-likeness (QED) is 0.570. The largest absolute Gasteiger partial charge is 0.411 e. The summed E-state index contributed by atoms with van der Waals surface area (Å²) in [6, 6.07) is 1.37. The molecule has 0 bridgehead atoms. The highest BCUT2D eigenvalue weighted by atomic mass is 32.1. The summed E-state index contributed by atoms with van der Waals surface area (Å²) in [5.41, 5.74) is 4.30. The number of aliphatic hydroxyl groups is 1. The van der Waals surface area contributed by atoms with Crippen LogP contribution in [0.15, 0.2) is 12.4 Å². The van der Waals surface area contributed by atoms with Crippen LogP contribution in [0.3, 0.4) is 0 Å². The fourth-order valence-electron chi connectivity index (χ4n) is 1.06. The molecule has 0 aliphatic carbocycles. The first-order valence-corrected chi connectivity index (χ1v) is 5.72. The number of carbonyl (C=O) groups is 1. The molecule has 1 aromatic rings. The van der Waals surface area contributed by atoms with Crippen molar-refractivity contribution in [1.29, 1.82) is 0 Å². The average Bonchev–Trinajstić information content (AvgIpc) is 2.27. The third kappa shape index (κ3) is 5.44. The number of nitrogens with two attached hydrogens (primary N) is 1. The molecule has 0 saturated heterocycles. The van der Waals surface area contributed by atoms with Crippen LogP contribution in [0, 0.1) is 0 Å². The average molecular weight is 285 g/mol. The summed E-state index contributed by atoms with van der Waals surface area (Å²) in [6.45, 7) is 3.47. The molecule has 0 aliphatic rings. The van der Waals surface area contributed by atoms with Gasteiger partial charge >= 0.3 is 6.09 Å². The van der Waals surface area contributed by atoms with Gasteiger partial charge in [0.1, 0.15) is 12.1 Å². The molecule has 19 heavy (non-hydrogen) atoms. The number of thiocarbonyl (C=S) groups is 1. The van der Waals surface area contributed by atoms with Crippen LogP contribution in [-0.2, 0) is 0 Å². The number of anilines is 1. The first-order valence-electron chi connectivity index (χ1n) is 5.32. The van der Waals surface area contributed by atoms with Crippen LogP contribution in [0.1, 0.15) is 13.8 Å². The molecule has 0 aliphatic heterocycles. The van der Waals surface area contributed by atoms with Crippen LogP contribution in [0.4, 0.5) is 10.6 Å². The van der Waals surface area contributed by atoms with E-state index in [2.05, 4.69) is 25.3 Å². The molecule has 1 amide bonds. The summed E-state index contributed by atoms with van der Waals surface area (Å²) >= 11 is 5.06. The fourth-order valence-corrected chi connectivity index (χ4v) is 1.44. The molecule has 5 N–H and O–H groups in total. The number of aliphatic hydroxyl groups excluding tert-OH is 1. The fraction of sp³-hybridized carbons (Fsp3) is 0.400. The minimum absolute atomic E-state index is 0.00854. The van der Waals surface area contributed by atoms with Gasteiger partial charge in [-0.1, -0.05) is 0 Å². The van der Waals surface area contributed by atoms with Crippen molar-refractivity contribution < 1.29 is 14.6 Å². The highest BCUT2D eigenvalue weighted by molar-refractivity contribution is 7.80.